The van der Waals surface area contributed by atoms with Crippen molar-refractivity contribution in [3.05, 3.63) is 46.4 Å². The zero-order valence-corrected chi connectivity index (χ0v) is 19.3. The van der Waals surface area contributed by atoms with Crippen LogP contribution in [0.4, 0.5) is 11.6 Å². The lowest BCUT2D eigenvalue weighted by atomic mass is 10.2. The van der Waals surface area contributed by atoms with Gasteiger partial charge in [-0.2, -0.15) is 10.1 Å². The van der Waals surface area contributed by atoms with Gasteiger partial charge in [0.2, 0.25) is 5.88 Å². The molecule has 1 fully saturated rings. The predicted molar refractivity (Wildman–Crippen MR) is 128 cm³/mol. The number of hydrogen-bond donors (Lipinski definition) is 4. The van der Waals surface area contributed by atoms with E-state index in [-0.39, 0.29) is 5.56 Å². The minimum absolute atomic E-state index is 0.137. The van der Waals surface area contributed by atoms with Crippen LogP contribution < -0.4 is 15.6 Å². The summed E-state index contributed by atoms with van der Waals surface area (Å²) in [6, 6.07) is 9.39. The largest absolute Gasteiger partial charge is 0.477 e. The van der Waals surface area contributed by atoms with Crippen LogP contribution in [0.1, 0.15) is 30.9 Å². The molecule has 0 atom stereocenters. The van der Waals surface area contributed by atoms with E-state index >= 15 is 0 Å². The van der Waals surface area contributed by atoms with E-state index in [1.165, 1.54) is 24.6 Å². The first kappa shape index (κ1) is 21.5. The number of fused-ring (bicyclic) bond motifs is 1. The molecule has 0 bridgehead atoms. The van der Waals surface area contributed by atoms with E-state index in [2.05, 4.69) is 40.6 Å². The number of ether oxygens (including phenoxy) is 1. The first-order valence-corrected chi connectivity index (χ1v) is 11.7. The van der Waals surface area contributed by atoms with Gasteiger partial charge in [0.25, 0.3) is 5.56 Å². The zero-order chi connectivity index (χ0) is 22.8. The van der Waals surface area contributed by atoms with Crippen molar-refractivity contribution < 1.29 is 4.74 Å². The van der Waals surface area contributed by atoms with Gasteiger partial charge in [0, 0.05) is 35.2 Å². The Kier molecular flexibility index (Phi) is 6.05. The molecule has 33 heavy (non-hydrogen) atoms. The van der Waals surface area contributed by atoms with Crippen molar-refractivity contribution in [3.63, 3.8) is 0 Å². The van der Waals surface area contributed by atoms with Crippen LogP contribution in [0.3, 0.4) is 0 Å². The average Bonchev–Trinajstić information content (AvgIpc) is 3.43. The molecule has 0 unspecified atom stereocenters. The van der Waals surface area contributed by atoms with Gasteiger partial charge in [0.1, 0.15) is 5.82 Å². The van der Waals surface area contributed by atoms with Crippen LogP contribution in [0, 0.1) is 0 Å². The highest BCUT2D eigenvalue weighted by Gasteiger charge is 2.25. The van der Waals surface area contributed by atoms with Gasteiger partial charge < -0.3 is 15.0 Å². The molecule has 1 saturated carbocycles. The summed E-state index contributed by atoms with van der Waals surface area (Å²) in [6.45, 7) is 1.49. The van der Waals surface area contributed by atoms with Crippen molar-refractivity contribution in [1.82, 2.24) is 35.3 Å². The second-order valence-corrected chi connectivity index (χ2v) is 9.42. The van der Waals surface area contributed by atoms with E-state index in [0.29, 0.717) is 34.8 Å². The maximum absolute atomic E-state index is 11.8. The topological polar surface area (TPSA) is 128 Å². The van der Waals surface area contributed by atoms with Gasteiger partial charge in [-0.25, -0.2) is 4.98 Å². The molecule has 1 aliphatic carbocycles. The molecular weight excluding hydrogens is 440 g/mol. The quantitative estimate of drug-likeness (QED) is 0.207. The first-order chi connectivity index (χ1) is 16.0. The molecular formula is C22H26N8O2S. The summed E-state index contributed by atoms with van der Waals surface area (Å²) in [7, 11) is 4.07. The molecule has 172 valence electrons. The number of nitrogens with zero attached hydrogens (tertiary/aromatic N) is 4. The van der Waals surface area contributed by atoms with E-state index in [1.54, 1.807) is 12.1 Å². The minimum atomic E-state index is -0.137. The van der Waals surface area contributed by atoms with E-state index in [0.717, 1.165) is 34.9 Å². The Balaban J connectivity index is 1.36. The summed E-state index contributed by atoms with van der Waals surface area (Å²) in [5.41, 5.74) is 1.75. The molecule has 0 spiro atoms. The van der Waals surface area contributed by atoms with Crippen LogP contribution in [0.5, 0.6) is 5.88 Å². The number of anilines is 2. The smallest absolute Gasteiger partial charge is 0.271 e. The molecule has 0 aliphatic heterocycles. The highest BCUT2D eigenvalue weighted by atomic mass is 32.2. The molecule has 11 heteroatoms. The van der Waals surface area contributed by atoms with Crippen LogP contribution in [0.25, 0.3) is 10.9 Å². The molecule has 1 aromatic carbocycles. The molecule has 4 aromatic rings. The maximum atomic E-state index is 11.8. The Hall–Kier alpha value is -3.31. The van der Waals surface area contributed by atoms with Crippen molar-refractivity contribution in [2.45, 2.75) is 35.2 Å². The molecule has 1 aliphatic rings. The van der Waals surface area contributed by atoms with Crippen LogP contribution in [0.2, 0.25) is 0 Å². The molecule has 3 aromatic heterocycles. The van der Waals surface area contributed by atoms with Gasteiger partial charge in [-0.3, -0.25) is 20.1 Å². The summed E-state index contributed by atoms with van der Waals surface area (Å²) >= 11 is 1.40. The van der Waals surface area contributed by atoms with Crippen molar-refractivity contribution in [3.8, 4) is 5.88 Å². The van der Waals surface area contributed by atoms with Crippen molar-refractivity contribution >= 4 is 34.3 Å². The number of rotatable bonds is 10. The van der Waals surface area contributed by atoms with E-state index in [9.17, 15) is 4.79 Å². The normalized spacial score (nSPS) is 13.7. The molecule has 0 amide bonds. The maximum Gasteiger partial charge on any atom is 0.271 e. The fraction of sp³-hybridized carbons (Fsp3) is 0.364. The van der Waals surface area contributed by atoms with Gasteiger partial charge in [-0.05, 0) is 63.3 Å². The molecule has 0 saturated heterocycles. The van der Waals surface area contributed by atoms with Crippen LogP contribution in [0.15, 0.2) is 45.2 Å². The van der Waals surface area contributed by atoms with E-state index in [1.807, 2.05) is 32.3 Å². The van der Waals surface area contributed by atoms with Crippen molar-refractivity contribution in [2.24, 2.45) is 0 Å². The van der Waals surface area contributed by atoms with Crippen LogP contribution in [-0.2, 0) is 0 Å². The number of H-pyrrole nitrogens is 3. The lowest BCUT2D eigenvalue weighted by molar-refractivity contribution is 0.271. The highest BCUT2D eigenvalue weighted by molar-refractivity contribution is 7.99. The lowest BCUT2D eigenvalue weighted by Gasteiger charge is -2.12. The number of aromatic nitrogens is 6. The summed E-state index contributed by atoms with van der Waals surface area (Å²) < 4.78 is 5.93. The Morgan fingerprint density at radius 2 is 2.03 bits per heavy atom. The third-order valence-corrected chi connectivity index (χ3v) is 6.16. The Labute approximate surface area is 194 Å². The Morgan fingerprint density at radius 3 is 2.85 bits per heavy atom. The first-order valence-electron chi connectivity index (χ1n) is 10.9. The summed E-state index contributed by atoms with van der Waals surface area (Å²) in [5, 5.41) is 17.4. The van der Waals surface area contributed by atoms with Gasteiger partial charge in [0.05, 0.1) is 17.5 Å². The fourth-order valence-corrected chi connectivity index (χ4v) is 4.27. The van der Waals surface area contributed by atoms with Crippen molar-refractivity contribution in [1.29, 1.82) is 0 Å². The highest BCUT2D eigenvalue weighted by Crippen LogP contribution is 2.39. The third kappa shape index (κ3) is 5.37. The average molecular weight is 467 g/mol. The molecule has 4 N–H and O–H groups in total. The van der Waals surface area contributed by atoms with Crippen molar-refractivity contribution in [2.75, 3.05) is 32.6 Å². The van der Waals surface area contributed by atoms with Crippen LogP contribution >= 0.6 is 11.8 Å². The monoisotopic (exact) mass is 466 g/mol. The minimum Gasteiger partial charge on any atom is -0.477 e. The SMILES string of the molecule is CN(C)CCCOc1cc(Nc2cc(C3CC3)[nH]n2)nc(Sc2ccc3c(=O)[nH][nH]c3c2)n1. The van der Waals surface area contributed by atoms with E-state index in [4.69, 9.17) is 4.74 Å². The summed E-state index contributed by atoms with van der Waals surface area (Å²) in [4.78, 5) is 24.0. The lowest BCUT2D eigenvalue weighted by Crippen LogP contribution is -2.15. The summed E-state index contributed by atoms with van der Waals surface area (Å²) in [5.74, 6) is 2.43. The van der Waals surface area contributed by atoms with Gasteiger partial charge >= 0.3 is 0 Å². The van der Waals surface area contributed by atoms with Gasteiger partial charge in [-0.15, -0.1) is 0 Å². The second kappa shape index (κ2) is 9.28. The zero-order valence-electron chi connectivity index (χ0n) is 18.5. The number of nitrogens with one attached hydrogen (secondary N) is 4. The predicted octanol–water partition coefficient (Wildman–Crippen LogP) is 3.47. The number of benzene rings is 1. The molecule has 3 heterocycles. The van der Waals surface area contributed by atoms with Gasteiger partial charge in [0.15, 0.2) is 11.0 Å². The molecule has 10 nitrogen and oxygen atoms in total. The van der Waals surface area contributed by atoms with E-state index < -0.39 is 0 Å². The standard InChI is InChI=1S/C22H26N8O2S/c1-30(2)8-3-9-32-20-12-18(23-19-11-16(26-28-19)13-4-5-13)24-22(25-20)33-14-6-7-15-17(10-14)27-29-21(15)31/h6-7,10-13H,3-5,8-9H2,1-2H3,(H2,27,29,31)(H2,23,24,25,26,28). The van der Waals surface area contributed by atoms with Crippen LogP contribution in [-0.4, -0.2) is 62.5 Å². The summed E-state index contributed by atoms with van der Waals surface area (Å²) in [6.07, 6.45) is 3.30. The molecule has 5 rings (SSSR count). The fourth-order valence-electron chi connectivity index (χ4n) is 3.47. The molecule has 0 radical (unpaired) electrons. The third-order valence-electron chi connectivity index (χ3n) is 5.31. The second-order valence-electron chi connectivity index (χ2n) is 8.38. The number of aromatic amines is 3. The number of hydrogen-bond acceptors (Lipinski definition) is 8. The Bertz CT molecular complexity index is 1310. The Morgan fingerprint density at radius 1 is 1.15 bits per heavy atom. The van der Waals surface area contributed by atoms with Gasteiger partial charge in [-0.1, -0.05) is 0 Å².